The molecule has 0 saturated heterocycles. The van der Waals surface area contributed by atoms with E-state index in [1.54, 1.807) is 17.4 Å². The second kappa shape index (κ2) is 6.81. The van der Waals surface area contributed by atoms with Crippen molar-refractivity contribution in [1.82, 2.24) is 5.32 Å². The Morgan fingerprint density at radius 2 is 2.00 bits per heavy atom. The van der Waals surface area contributed by atoms with Crippen LogP contribution in [0.15, 0.2) is 12.1 Å². The fraction of sp³-hybridized carbons (Fsp3) is 0.500. The number of anilines is 1. The number of nitrogens with one attached hydrogen (secondary N) is 2. The van der Waals surface area contributed by atoms with E-state index in [9.17, 15) is 4.79 Å². The molecular weight excluding hydrogens is 408 g/mol. The van der Waals surface area contributed by atoms with Gasteiger partial charge in [-0.05, 0) is 42.2 Å². The van der Waals surface area contributed by atoms with E-state index in [-0.39, 0.29) is 18.9 Å². The predicted molar refractivity (Wildman–Crippen MR) is 115 cm³/mol. The molecule has 2 unspecified atom stereocenters. The number of rotatable bonds is 3. The molecule has 2 atom stereocenters. The van der Waals surface area contributed by atoms with Crippen LogP contribution >= 0.6 is 22.9 Å². The van der Waals surface area contributed by atoms with Gasteiger partial charge in [0, 0.05) is 16.5 Å². The van der Waals surface area contributed by atoms with Gasteiger partial charge in [0.25, 0.3) is 5.91 Å². The van der Waals surface area contributed by atoms with Gasteiger partial charge < -0.3 is 20.1 Å². The number of carbonyl (C=O) groups excluding carboxylic acids is 1. The van der Waals surface area contributed by atoms with Crippen LogP contribution in [-0.2, 0) is 12.8 Å². The molecule has 0 fully saturated rings. The third-order valence-electron chi connectivity index (χ3n) is 6.86. The van der Waals surface area contributed by atoms with E-state index in [0.29, 0.717) is 27.9 Å². The summed E-state index contributed by atoms with van der Waals surface area (Å²) >= 11 is 8.21. The van der Waals surface area contributed by atoms with Gasteiger partial charge in [-0.1, -0.05) is 38.8 Å². The molecule has 3 heterocycles. The monoisotopic (exact) mass is 432 g/mol. The summed E-state index contributed by atoms with van der Waals surface area (Å²) < 4.78 is 10.9. The summed E-state index contributed by atoms with van der Waals surface area (Å²) in [6.07, 6.45) is 3.95. The standard InChI is InChI=1S/C22H25ClN2O3S/c1-4-22(2,3)11-5-6-12-17(7-11)29-21-18(12)20(26)24-19(25-21)13-8-15-16(9-14(13)23)28-10-27-15/h8-9,11,19,25H,4-7,10H2,1-3H3,(H,24,26). The summed E-state index contributed by atoms with van der Waals surface area (Å²) in [5, 5.41) is 8.09. The van der Waals surface area contributed by atoms with E-state index in [1.807, 2.05) is 6.07 Å². The van der Waals surface area contributed by atoms with Crippen LogP contribution in [0.3, 0.4) is 0 Å². The van der Waals surface area contributed by atoms with Gasteiger partial charge in [-0.25, -0.2) is 0 Å². The molecule has 7 heteroatoms. The molecule has 2 aromatic rings. The number of benzene rings is 1. The van der Waals surface area contributed by atoms with E-state index in [0.717, 1.165) is 35.4 Å². The first-order valence-electron chi connectivity index (χ1n) is 10.2. The van der Waals surface area contributed by atoms with Gasteiger partial charge in [0.1, 0.15) is 11.2 Å². The first-order chi connectivity index (χ1) is 13.9. The molecule has 3 aliphatic rings. The van der Waals surface area contributed by atoms with Gasteiger partial charge in [-0.15, -0.1) is 11.3 Å². The lowest BCUT2D eigenvalue weighted by atomic mass is 9.69. The number of thiophene rings is 1. The summed E-state index contributed by atoms with van der Waals surface area (Å²) in [5.74, 6) is 1.92. The van der Waals surface area contributed by atoms with E-state index in [4.69, 9.17) is 21.1 Å². The van der Waals surface area contributed by atoms with Crippen molar-refractivity contribution in [2.24, 2.45) is 11.3 Å². The Morgan fingerprint density at radius 3 is 2.76 bits per heavy atom. The maximum absolute atomic E-state index is 13.0. The van der Waals surface area contributed by atoms with Crippen LogP contribution in [0.25, 0.3) is 0 Å². The number of hydrogen-bond donors (Lipinski definition) is 2. The summed E-state index contributed by atoms with van der Waals surface area (Å²) in [6, 6.07) is 3.60. The lowest BCUT2D eigenvalue weighted by molar-refractivity contribution is 0.0934. The Kier molecular flexibility index (Phi) is 4.48. The highest BCUT2D eigenvalue weighted by molar-refractivity contribution is 7.16. The second-order valence-electron chi connectivity index (χ2n) is 8.77. The van der Waals surface area contributed by atoms with E-state index in [1.165, 1.54) is 16.9 Å². The zero-order valence-corrected chi connectivity index (χ0v) is 18.4. The lowest BCUT2D eigenvalue weighted by Crippen LogP contribution is -2.38. The first-order valence-corrected chi connectivity index (χ1v) is 11.4. The van der Waals surface area contributed by atoms with E-state index >= 15 is 0 Å². The van der Waals surface area contributed by atoms with E-state index in [2.05, 4.69) is 31.4 Å². The maximum Gasteiger partial charge on any atom is 0.256 e. The molecule has 5 rings (SSSR count). The number of fused-ring (bicyclic) bond motifs is 4. The van der Waals surface area contributed by atoms with Crippen molar-refractivity contribution in [3.05, 3.63) is 38.7 Å². The summed E-state index contributed by atoms with van der Waals surface area (Å²) in [6.45, 7) is 7.18. The molecule has 1 aliphatic carbocycles. The predicted octanol–water partition coefficient (Wildman–Crippen LogP) is 5.53. The van der Waals surface area contributed by atoms with Crippen LogP contribution in [0, 0.1) is 11.3 Å². The van der Waals surface area contributed by atoms with Gasteiger partial charge in [-0.2, -0.15) is 0 Å². The van der Waals surface area contributed by atoms with Crippen molar-refractivity contribution in [2.75, 3.05) is 12.1 Å². The normalized spacial score (nSPS) is 22.6. The first kappa shape index (κ1) is 19.1. The number of halogens is 1. The van der Waals surface area contributed by atoms with Gasteiger partial charge in [0.15, 0.2) is 11.5 Å². The Morgan fingerprint density at radius 1 is 1.24 bits per heavy atom. The molecule has 5 nitrogen and oxygen atoms in total. The highest BCUT2D eigenvalue weighted by atomic mass is 35.5. The Labute approximate surface area is 179 Å². The lowest BCUT2D eigenvalue weighted by Gasteiger charge is -2.36. The van der Waals surface area contributed by atoms with Crippen molar-refractivity contribution in [3.8, 4) is 11.5 Å². The Balaban J connectivity index is 1.46. The summed E-state index contributed by atoms with van der Waals surface area (Å²) in [5.41, 5.74) is 3.16. The van der Waals surface area contributed by atoms with Crippen molar-refractivity contribution in [1.29, 1.82) is 0 Å². The van der Waals surface area contributed by atoms with Crippen molar-refractivity contribution >= 4 is 33.8 Å². The van der Waals surface area contributed by atoms with Crippen molar-refractivity contribution < 1.29 is 14.3 Å². The van der Waals surface area contributed by atoms with E-state index < -0.39 is 0 Å². The quantitative estimate of drug-likeness (QED) is 0.669. The van der Waals surface area contributed by atoms with Crippen LogP contribution < -0.4 is 20.1 Å². The van der Waals surface area contributed by atoms with Crippen LogP contribution in [0.4, 0.5) is 5.00 Å². The van der Waals surface area contributed by atoms with Crippen LogP contribution in [0.2, 0.25) is 5.02 Å². The number of carbonyl (C=O) groups is 1. The number of hydrogen-bond acceptors (Lipinski definition) is 5. The SMILES string of the molecule is CCC(C)(C)C1CCc2c(sc3c2C(=O)NC(c2cc4c(cc2Cl)OCO4)N3)C1. The molecule has 2 aliphatic heterocycles. The Hall–Kier alpha value is -1.92. The minimum Gasteiger partial charge on any atom is -0.454 e. The highest BCUT2D eigenvalue weighted by Crippen LogP contribution is 2.48. The molecule has 0 bridgehead atoms. The maximum atomic E-state index is 13.0. The molecule has 0 saturated carbocycles. The smallest absolute Gasteiger partial charge is 0.256 e. The zero-order valence-electron chi connectivity index (χ0n) is 16.9. The average molecular weight is 433 g/mol. The van der Waals surface area contributed by atoms with Crippen molar-refractivity contribution in [3.63, 3.8) is 0 Å². The largest absolute Gasteiger partial charge is 0.454 e. The fourth-order valence-electron chi connectivity index (χ4n) is 4.56. The highest BCUT2D eigenvalue weighted by Gasteiger charge is 2.38. The fourth-order valence-corrected chi connectivity index (χ4v) is 6.18. The van der Waals surface area contributed by atoms with Gasteiger partial charge in [0.2, 0.25) is 6.79 Å². The molecule has 0 spiro atoms. The number of ether oxygens (including phenoxy) is 2. The van der Waals surface area contributed by atoms with Crippen LogP contribution in [0.5, 0.6) is 11.5 Å². The molecule has 0 radical (unpaired) electrons. The van der Waals surface area contributed by atoms with Gasteiger partial charge >= 0.3 is 0 Å². The minimum atomic E-state index is -0.389. The topological polar surface area (TPSA) is 59.6 Å². The minimum absolute atomic E-state index is 0.0248. The average Bonchev–Trinajstić information content (AvgIpc) is 3.30. The Bertz CT molecular complexity index is 1000. The number of amides is 1. The third-order valence-corrected chi connectivity index (χ3v) is 8.38. The summed E-state index contributed by atoms with van der Waals surface area (Å²) in [7, 11) is 0. The molecule has 2 N–H and O–H groups in total. The molecule has 154 valence electrons. The van der Waals surface area contributed by atoms with Gasteiger partial charge in [-0.3, -0.25) is 4.79 Å². The third kappa shape index (κ3) is 3.08. The molecule has 1 amide bonds. The molecule has 29 heavy (non-hydrogen) atoms. The second-order valence-corrected chi connectivity index (χ2v) is 10.3. The summed E-state index contributed by atoms with van der Waals surface area (Å²) in [4.78, 5) is 14.4. The zero-order chi connectivity index (χ0) is 20.3. The molecule has 1 aromatic carbocycles. The molecular formula is C22H25ClN2O3S. The van der Waals surface area contributed by atoms with Crippen LogP contribution in [0.1, 0.15) is 66.1 Å². The van der Waals surface area contributed by atoms with Crippen molar-refractivity contribution in [2.45, 2.75) is 52.6 Å². The van der Waals surface area contributed by atoms with Gasteiger partial charge in [0.05, 0.1) is 10.6 Å². The molecule has 1 aromatic heterocycles. The van der Waals surface area contributed by atoms with Crippen LogP contribution in [-0.4, -0.2) is 12.7 Å².